The summed E-state index contributed by atoms with van der Waals surface area (Å²) in [6.45, 7) is 4.35. The van der Waals surface area contributed by atoms with E-state index in [9.17, 15) is 13.2 Å². The van der Waals surface area contributed by atoms with Gasteiger partial charge >= 0.3 is 6.18 Å². The first-order valence-electron chi connectivity index (χ1n) is 5.51. The monoisotopic (exact) mass is 234 g/mol. The highest BCUT2D eigenvalue weighted by atomic mass is 19.4. The van der Waals surface area contributed by atoms with Crippen molar-refractivity contribution in [2.24, 2.45) is 5.92 Å². The summed E-state index contributed by atoms with van der Waals surface area (Å²) < 4.78 is 37.5. The van der Waals surface area contributed by atoms with Crippen molar-refractivity contribution in [3.8, 4) is 0 Å². The van der Waals surface area contributed by atoms with Gasteiger partial charge in [-0.05, 0) is 32.1 Å². The van der Waals surface area contributed by atoms with E-state index in [1.165, 1.54) is 0 Å². The molecule has 1 unspecified atom stereocenters. The molecule has 16 heavy (non-hydrogen) atoms. The summed E-state index contributed by atoms with van der Waals surface area (Å²) in [7, 11) is 0. The van der Waals surface area contributed by atoms with Crippen molar-refractivity contribution in [1.29, 1.82) is 5.41 Å². The van der Waals surface area contributed by atoms with Crippen molar-refractivity contribution in [2.75, 3.05) is 6.54 Å². The minimum Gasteiger partial charge on any atom is -0.388 e. The summed E-state index contributed by atoms with van der Waals surface area (Å²) in [6.07, 6.45) is -2.57. The Kier molecular flexibility index (Phi) is 3.99. The highest BCUT2D eigenvalue weighted by Gasteiger charge is 2.39. The second-order valence-corrected chi connectivity index (χ2v) is 4.09. The Morgan fingerprint density at radius 1 is 1.50 bits per heavy atom. The van der Waals surface area contributed by atoms with E-state index in [1.54, 1.807) is 0 Å². The van der Waals surface area contributed by atoms with Crippen LogP contribution >= 0.6 is 0 Å². The molecule has 0 heterocycles. The molecule has 92 valence electrons. The number of rotatable bonds is 3. The van der Waals surface area contributed by atoms with Gasteiger partial charge in [0.2, 0.25) is 0 Å². The van der Waals surface area contributed by atoms with Crippen LogP contribution in [0.3, 0.4) is 0 Å². The number of alkyl halides is 3. The average molecular weight is 234 g/mol. The molecule has 1 aliphatic rings. The summed E-state index contributed by atoms with van der Waals surface area (Å²) in [5.74, 6) is 0.0893. The molecule has 5 heteroatoms. The fourth-order valence-corrected chi connectivity index (χ4v) is 2.06. The number of hydrogen-bond acceptors (Lipinski definition) is 2. The fraction of sp³-hybridized carbons (Fsp3) is 0.727. The lowest BCUT2D eigenvalue weighted by molar-refractivity contribution is -0.0592. The highest BCUT2D eigenvalue weighted by Crippen LogP contribution is 2.33. The molecule has 0 saturated carbocycles. The quantitative estimate of drug-likeness (QED) is 0.722. The Labute approximate surface area is 93.4 Å². The number of allylic oxidation sites excluding steroid dienone is 2. The molecule has 1 atom stereocenters. The van der Waals surface area contributed by atoms with Gasteiger partial charge in [0.15, 0.2) is 0 Å². The van der Waals surface area contributed by atoms with E-state index < -0.39 is 11.9 Å². The van der Waals surface area contributed by atoms with Gasteiger partial charge in [-0.15, -0.1) is 0 Å². The van der Waals surface area contributed by atoms with Gasteiger partial charge in [-0.1, -0.05) is 6.92 Å². The fourth-order valence-electron chi connectivity index (χ4n) is 2.06. The molecule has 0 aromatic heterocycles. The second kappa shape index (κ2) is 4.89. The minimum atomic E-state index is -4.53. The lowest BCUT2D eigenvalue weighted by atomic mass is 9.85. The van der Waals surface area contributed by atoms with Crippen LogP contribution in [0.2, 0.25) is 0 Å². The third kappa shape index (κ3) is 2.77. The van der Waals surface area contributed by atoms with Crippen molar-refractivity contribution >= 4 is 5.71 Å². The van der Waals surface area contributed by atoms with Gasteiger partial charge in [0.25, 0.3) is 0 Å². The maximum Gasteiger partial charge on any atom is 0.432 e. The first-order valence-corrected chi connectivity index (χ1v) is 5.51. The van der Waals surface area contributed by atoms with E-state index >= 15 is 0 Å². The van der Waals surface area contributed by atoms with Crippen LogP contribution in [0.5, 0.6) is 0 Å². The molecular weight excluding hydrogens is 217 g/mol. The number of halogens is 3. The molecule has 0 fully saturated rings. The average Bonchev–Trinajstić information content (AvgIpc) is 2.19. The molecule has 0 aromatic carbocycles. The van der Waals surface area contributed by atoms with E-state index in [0.29, 0.717) is 18.7 Å². The van der Waals surface area contributed by atoms with Crippen LogP contribution in [-0.4, -0.2) is 18.4 Å². The van der Waals surface area contributed by atoms with Crippen molar-refractivity contribution in [1.82, 2.24) is 5.32 Å². The van der Waals surface area contributed by atoms with Gasteiger partial charge in [0.1, 0.15) is 5.71 Å². The van der Waals surface area contributed by atoms with Crippen LogP contribution in [0.15, 0.2) is 11.3 Å². The van der Waals surface area contributed by atoms with Crippen molar-refractivity contribution in [2.45, 2.75) is 39.3 Å². The molecular formula is C11H17F3N2. The van der Waals surface area contributed by atoms with E-state index in [4.69, 9.17) is 5.41 Å². The molecule has 0 saturated heterocycles. The maximum absolute atomic E-state index is 12.5. The van der Waals surface area contributed by atoms with Gasteiger partial charge in [0.05, 0.1) is 0 Å². The summed E-state index contributed by atoms with van der Waals surface area (Å²) >= 11 is 0. The smallest absolute Gasteiger partial charge is 0.388 e. The molecule has 2 N–H and O–H groups in total. The first kappa shape index (κ1) is 13.1. The standard InChI is InChI=1S/C11H17F3N2/c1-3-16-9-7(2)5-4-6-8(9)10(15)11(12,13)14/h7,15-16H,3-6H2,1-2H3. The van der Waals surface area contributed by atoms with Gasteiger partial charge < -0.3 is 5.32 Å². The zero-order valence-electron chi connectivity index (χ0n) is 9.54. The SMILES string of the molecule is CCNC1=C(C(=N)C(F)(F)F)CCCC1C. The lowest BCUT2D eigenvalue weighted by Crippen LogP contribution is -2.32. The molecule has 0 aliphatic heterocycles. The van der Waals surface area contributed by atoms with Crippen molar-refractivity contribution in [3.05, 3.63) is 11.3 Å². The van der Waals surface area contributed by atoms with E-state index in [-0.39, 0.29) is 11.5 Å². The summed E-state index contributed by atoms with van der Waals surface area (Å²) in [6, 6.07) is 0. The van der Waals surface area contributed by atoms with Crippen LogP contribution in [0, 0.1) is 11.3 Å². The van der Waals surface area contributed by atoms with Crippen LogP contribution < -0.4 is 5.32 Å². The zero-order chi connectivity index (χ0) is 12.3. The van der Waals surface area contributed by atoms with Crippen LogP contribution in [-0.2, 0) is 0 Å². The normalized spacial score (nSPS) is 22.2. The Balaban J connectivity index is 3.04. The Bertz CT molecular complexity index is 305. The van der Waals surface area contributed by atoms with Crippen LogP contribution in [0.1, 0.15) is 33.1 Å². The second-order valence-electron chi connectivity index (χ2n) is 4.09. The zero-order valence-corrected chi connectivity index (χ0v) is 9.54. The maximum atomic E-state index is 12.5. The molecule has 0 spiro atoms. The highest BCUT2D eigenvalue weighted by molar-refractivity contribution is 6.02. The van der Waals surface area contributed by atoms with Crippen molar-refractivity contribution < 1.29 is 13.2 Å². The topological polar surface area (TPSA) is 35.9 Å². The molecule has 0 radical (unpaired) electrons. The molecule has 0 amide bonds. The molecule has 1 rings (SSSR count). The van der Waals surface area contributed by atoms with Crippen molar-refractivity contribution in [3.63, 3.8) is 0 Å². The van der Waals surface area contributed by atoms with Gasteiger partial charge in [-0.2, -0.15) is 13.2 Å². The minimum absolute atomic E-state index is 0.0893. The van der Waals surface area contributed by atoms with Gasteiger partial charge in [-0.3, -0.25) is 5.41 Å². The van der Waals surface area contributed by atoms with Crippen LogP contribution in [0.4, 0.5) is 13.2 Å². The predicted molar refractivity (Wildman–Crippen MR) is 57.5 cm³/mol. The summed E-state index contributed by atoms with van der Waals surface area (Å²) in [4.78, 5) is 0. The predicted octanol–water partition coefficient (Wildman–Crippen LogP) is 3.25. The summed E-state index contributed by atoms with van der Waals surface area (Å²) in [5.41, 5.74) is -0.431. The first-order chi connectivity index (χ1) is 7.38. The Morgan fingerprint density at radius 2 is 2.12 bits per heavy atom. The van der Waals surface area contributed by atoms with Gasteiger partial charge in [-0.25, -0.2) is 0 Å². The molecule has 1 aliphatic carbocycles. The number of nitrogens with one attached hydrogen (secondary N) is 2. The molecule has 0 aromatic rings. The van der Waals surface area contributed by atoms with E-state index in [1.807, 2.05) is 13.8 Å². The third-order valence-electron chi connectivity index (χ3n) is 2.83. The lowest BCUT2D eigenvalue weighted by Gasteiger charge is -2.27. The third-order valence-corrected chi connectivity index (χ3v) is 2.83. The number of hydrogen-bond donors (Lipinski definition) is 2. The van der Waals surface area contributed by atoms with E-state index in [0.717, 1.165) is 12.8 Å². The summed E-state index contributed by atoms with van der Waals surface area (Å²) in [5, 5.41) is 10.2. The van der Waals surface area contributed by atoms with Crippen LogP contribution in [0.25, 0.3) is 0 Å². The largest absolute Gasteiger partial charge is 0.432 e. The van der Waals surface area contributed by atoms with E-state index in [2.05, 4.69) is 5.32 Å². The Hall–Kier alpha value is -1.00. The van der Waals surface area contributed by atoms with Gasteiger partial charge in [0, 0.05) is 17.8 Å². The molecule has 0 bridgehead atoms. The Morgan fingerprint density at radius 3 is 2.62 bits per heavy atom. The molecule has 2 nitrogen and oxygen atoms in total.